The largest absolute Gasteiger partial charge is 0.468 e. The van der Waals surface area contributed by atoms with Gasteiger partial charge >= 0.3 is 6.03 Å². The summed E-state index contributed by atoms with van der Waals surface area (Å²) in [6.45, 7) is 4.86. The first-order chi connectivity index (χ1) is 10.7. The van der Waals surface area contributed by atoms with Crippen molar-refractivity contribution in [3.05, 3.63) is 54.0 Å². The third-order valence-electron chi connectivity index (χ3n) is 3.19. The van der Waals surface area contributed by atoms with Crippen LogP contribution in [0.5, 0.6) is 0 Å². The summed E-state index contributed by atoms with van der Waals surface area (Å²) in [7, 11) is 0. The summed E-state index contributed by atoms with van der Waals surface area (Å²) in [5, 5.41) is 5.79. The molecule has 0 bridgehead atoms. The zero-order chi connectivity index (χ0) is 15.8. The van der Waals surface area contributed by atoms with Gasteiger partial charge < -0.3 is 15.1 Å². The van der Waals surface area contributed by atoms with Gasteiger partial charge in [0, 0.05) is 18.0 Å². The Morgan fingerprint density at radius 1 is 1.23 bits per heavy atom. The van der Waals surface area contributed by atoms with E-state index < -0.39 is 0 Å². The molecule has 4 nitrogen and oxygen atoms in total. The zero-order valence-electron chi connectivity index (χ0n) is 13.0. The molecule has 2 amide bonds. The molecule has 0 saturated heterocycles. The van der Waals surface area contributed by atoms with Gasteiger partial charge in [-0.25, -0.2) is 4.79 Å². The van der Waals surface area contributed by atoms with Crippen molar-refractivity contribution < 1.29 is 9.21 Å². The average molecular weight is 318 g/mol. The smallest absolute Gasteiger partial charge is 0.319 e. The van der Waals surface area contributed by atoms with Gasteiger partial charge in [-0.3, -0.25) is 0 Å². The third-order valence-corrected chi connectivity index (χ3v) is 4.17. The molecule has 1 aromatic heterocycles. The van der Waals surface area contributed by atoms with Crippen LogP contribution in [0.15, 0.2) is 47.1 Å². The number of para-hydroxylation sites is 1. The molecular weight excluding hydrogens is 296 g/mol. The van der Waals surface area contributed by atoms with Crippen LogP contribution in [0, 0.1) is 0 Å². The second kappa shape index (κ2) is 8.54. The highest BCUT2D eigenvalue weighted by Gasteiger charge is 2.08. The van der Waals surface area contributed by atoms with E-state index in [1.165, 1.54) is 0 Å². The predicted molar refractivity (Wildman–Crippen MR) is 92.4 cm³/mol. The monoisotopic (exact) mass is 318 g/mol. The molecule has 0 aliphatic carbocycles. The minimum Gasteiger partial charge on any atom is -0.468 e. The van der Waals surface area contributed by atoms with Gasteiger partial charge in [0.25, 0.3) is 0 Å². The Bertz CT molecular complexity index is 582. The molecule has 1 aromatic carbocycles. The molecule has 2 N–H and O–H groups in total. The second-order valence-corrected chi connectivity index (χ2v) is 6.36. The van der Waals surface area contributed by atoms with Crippen molar-refractivity contribution in [2.45, 2.75) is 25.5 Å². The molecule has 0 radical (unpaired) electrons. The first kappa shape index (κ1) is 16.5. The van der Waals surface area contributed by atoms with Crippen LogP contribution < -0.4 is 10.6 Å². The van der Waals surface area contributed by atoms with E-state index in [1.54, 1.807) is 18.0 Å². The summed E-state index contributed by atoms with van der Waals surface area (Å²) >= 11 is 1.73. The summed E-state index contributed by atoms with van der Waals surface area (Å²) in [5.74, 6) is 3.01. The summed E-state index contributed by atoms with van der Waals surface area (Å²) < 4.78 is 5.26. The summed E-state index contributed by atoms with van der Waals surface area (Å²) in [6, 6.07) is 11.6. The number of amides is 2. The molecule has 2 rings (SSSR count). The Hall–Kier alpha value is -1.88. The number of urea groups is 1. The number of carbonyl (C=O) groups excluding carboxylic acids is 1. The fraction of sp³-hybridized carbons (Fsp3) is 0.353. The van der Waals surface area contributed by atoms with E-state index in [0.29, 0.717) is 12.5 Å². The van der Waals surface area contributed by atoms with Gasteiger partial charge in [0.15, 0.2) is 0 Å². The van der Waals surface area contributed by atoms with Crippen LogP contribution >= 0.6 is 11.8 Å². The molecule has 118 valence electrons. The Kier molecular flexibility index (Phi) is 6.40. The quantitative estimate of drug-likeness (QED) is 0.741. The van der Waals surface area contributed by atoms with Crippen molar-refractivity contribution in [3.8, 4) is 0 Å². The van der Waals surface area contributed by atoms with Gasteiger partial charge in [-0.05, 0) is 29.7 Å². The Balaban J connectivity index is 1.70. The Morgan fingerprint density at radius 3 is 2.77 bits per heavy atom. The lowest BCUT2D eigenvalue weighted by molar-refractivity contribution is 0.252. The van der Waals surface area contributed by atoms with E-state index in [1.807, 2.05) is 36.4 Å². The molecule has 1 heterocycles. The number of furan rings is 1. The minimum absolute atomic E-state index is 0.160. The number of anilines is 1. The number of hydrogen-bond donors (Lipinski definition) is 2. The van der Waals surface area contributed by atoms with Crippen LogP contribution in [0.2, 0.25) is 0 Å². The fourth-order valence-electron chi connectivity index (χ4n) is 2.09. The first-order valence-corrected chi connectivity index (χ1v) is 8.56. The van der Waals surface area contributed by atoms with Crippen LogP contribution in [-0.4, -0.2) is 18.3 Å². The maximum atomic E-state index is 11.9. The molecule has 0 aliphatic heterocycles. The molecule has 0 atom stereocenters. The van der Waals surface area contributed by atoms with Gasteiger partial charge in [-0.15, -0.1) is 0 Å². The molecule has 0 saturated carbocycles. The fourth-order valence-corrected chi connectivity index (χ4v) is 2.84. The van der Waals surface area contributed by atoms with Crippen molar-refractivity contribution in [2.75, 3.05) is 17.6 Å². The van der Waals surface area contributed by atoms with Crippen LogP contribution in [-0.2, 0) is 5.75 Å². The lowest BCUT2D eigenvalue weighted by Crippen LogP contribution is -2.30. The SMILES string of the molecule is CC(C)c1ccccc1NC(=O)NCCSCc1ccco1. The topological polar surface area (TPSA) is 54.3 Å². The highest BCUT2D eigenvalue weighted by atomic mass is 32.2. The lowest BCUT2D eigenvalue weighted by Gasteiger charge is -2.14. The number of thioether (sulfide) groups is 1. The van der Waals surface area contributed by atoms with E-state index in [2.05, 4.69) is 24.5 Å². The predicted octanol–water partition coefficient (Wildman–Crippen LogP) is 4.46. The summed E-state index contributed by atoms with van der Waals surface area (Å²) in [4.78, 5) is 11.9. The van der Waals surface area contributed by atoms with Gasteiger partial charge in [0.05, 0.1) is 12.0 Å². The lowest BCUT2D eigenvalue weighted by atomic mass is 10.0. The summed E-state index contributed by atoms with van der Waals surface area (Å²) in [6.07, 6.45) is 1.67. The number of nitrogens with one attached hydrogen (secondary N) is 2. The molecular formula is C17H22N2O2S. The summed E-state index contributed by atoms with van der Waals surface area (Å²) in [5.41, 5.74) is 2.02. The molecule has 0 fully saturated rings. The van der Waals surface area contributed by atoms with Crippen LogP contribution in [0.1, 0.15) is 31.1 Å². The molecule has 0 unspecified atom stereocenters. The molecule has 2 aromatic rings. The van der Waals surface area contributed by atoms with E-state index in [9.17, 15) is 4.79 Å². The van der Waals surface area contributed by atoms with Crippen molar-refractivity contribution in [1.82, 2.24) is 5.32 Å². The maximum absolute atomic E-state index is 11.9. The molecule has 0 aliphatic rings. The van der Waals surface area contributed by atoms with Gasteiger partial charge in [0.1, 0.15) is 5.76 Å². The van der Waals surface area contributed by atoms with Crippen molar-refractivity contribution in [2.24, 2.45) is 0 Å². The highest BCUT2D eigenvalue weighted by molar-refractivity contribution is 7.98. The van der Waals surface area contributed by atoms with E-state index >= 15 is 0 Å². The van der Waals surface area contributed by atoms with Gasteiger partial charge in [-0.1, -0.05) is 32.0 Å². The normalized spacial score (nSPS) is 10.7. The number of hydrogen-bond acceptors (Lipinski definition) is 3. The van der Waals surface area contributed by atoms with E-state index in [0.717, 1.165) is 28.5 Å². The zero-order valence-corrected chi connectivity index (χ0v) is 13.8. The average Bonchev–Trinajstić information content (AvgIpc) is 3.00. The second-order valence-electron chi connectivity index (χ2n) is 5.25. The Labute approximate surface area is 135 Å². The highest BCUT2D eigenvalue weighted by Crippen LogP contribution is 2.23. The van der Waals surface area contributed by atoms with Crippen LogP contribution in [0.3, 0.4) is 0 Å². The standard InChI is InChI=1S/C17H22N2O2S/c1-13(2)15-7-3-4-8-16(15)19-17(20)18-9-11-22-12-14-6-5-10-21-14/h3-8,10,13H,9,11-12H2,1-2H3,(H2,18,19,20). The van der Waals surface area contributed by atoms with E-state index in [-0.39, 0.29) is 6.03 Å². The molecule has 5 heteroatoms. The number of rotatable bonds is 7. The first-order valence-electron chi connectivity index (χ1n) is 7.40. The van der Waals surface area contributed by atoms with Crippen LogP contribution in [0.25, 0.3) is 0 Å². The van der Waals surface area contributed by atoms with Gasteiger partial charge in [0.2, 0.25) is 0 Å². The van der Waals surface area contributed by atoms with Gasteiger partial charge in [-0.2, -0.15) is 11.8 Å². The van der Waals surface area contributed by atoms with E-state index in [4.69, 9.17) is 4.42 Å². The van der Waals surface area contributed by atoms with Crippen molar-refractivity contribution in [1.29, 1.82) is 0 Å². The third kappa shape index (κ3) is 5.15. The Morgan fingerprint density at radius 2 is 2.05 bits per heavy atom. The molecule has 22 heavy (non-hydrogen) atoms. The number of benzene rings is 1. The van der Waals surface area contributed by atoms with Crippen molar-refractivity contribution in [3.63, 3.8) is 0 Å². The number of carbonyl (C=O) groups is 1. The van der Waals surface area contributed by atoms with Crippen molar-refractivity contribution >= 4 is 23.5 Å². The maximum Gasteiger partial charge on any atom is 0.319 e. The minimum atomic E-state index is -0.160. The molecule has 0 spiro atoms. The van der Waals surface area contributed by atoms with Crippen LogP contribution in [0.4, 0.5) is 10.5 Å².